The minimum atomic E-state index is -1.09. The van der Waals surface area contributed by atoms with Crippen LogP contribution >= 0.6 is 0 Å². The van der Waals surface area contributed by atoms with E-state index in [9.17, 15) is 14.0 Å². The van der Waals surface area contributed by atoms with Crippen LogP contribution in [0, 0.1) is 5.82 Å². The van der Waals surface area contributed by atoms with Crippen LogP contribution in [-0.2, 0) is 16.1 Å². The Balaban J connectivity index is 1.52. The Morgan fingerprint density at radius 1 is 1.15 bits per heavy atom. The minimum Gasteiger partial charge on any atom is -0.482 e. The second kappa shape index (κ2) is 10.4. The standard InChI is InChI=1S/C27H31FN2O4/c1-2-3-7-24-29-27(14-5-4-6-15-27)26(33)30(24)17-19-8-10-20(11-9-19)22-16-21(12-13-23(22)28)34-18-25(31)32/h8-13,16H,2-7,14-15,17-18H2,1H3,(H,31,32). The third kappa shape index (κ3) is 5.13. The van der Waals surface area contributed by atoms with Gasteiger partial charge in [0, 0.05) is 12.0 Å². The Morgan fingerprint density at radius 3 is 2.56 bits per heavy atom. The largest absolute Gasteiger partial charge is 0.482 e. The Hall–Kier alpha value is -3.22. The molecule has 0 bridgehead atoms. The molecule has 2 aromatic rings. The number of carboxylic acid groups (broad SMARTS) is 1. The van der Waals surface area contributed by atoms with Crippen LogP contribution in [0.25, 0.3) is 11.1 Å². The van der Waals surface area contributed by atoms with Crippen LogP contribution in [-0.4, -0.2) is 39.9 Å². The third-order valence-corrected chi connectivity index (χ3v) is 6.64. The van der Waals surface area contributed by atoms with Crippen molar-refractivity contribution in [3.05, 3.63) is 53.8 Å². The lowest BCUT2D eigenvalue weighted by molar-refractivity contribution is -0.139. The van der Waals surface area contributed by atoms with Crippen molar-refractivity contribution in [2.75, 3.05) is 6.61 Å². The maximum Gasteiger partial charge on any atom is 0.341 e. The molecule has 6 nitrogen and oxygen atoms in total. The SMILES string of the molecule is CCCCC1=NC2(CCCCC2)C(=O)N1Cc1ccc(-c2cc(OCC(=O)O)ccc2F)cc1. The van der Waals surface area contributed by atoms with Gasteiger partial charge in [-0.25, -0.2) is 9.18 Å². The van der Waals surface area contributed by atoms with Crippen LogP contribution in [0.2, 0.25) is 0 Å². The average molecular weight is 467 g/mol. The molecule has 1 aliphatic heterocycles. The first-order valence-corrected chi connectivity index (χ1v) is 12.1. The highest BCUT2D eigenvalue weighted by atomic mass is 19.1. The molecular weight excluding hydrogens is 435 g/mol. The maximum absolute atomic E-state index is 14.5. The number of benzene rings is 2. The first-order chi connectivity index (χ1) is 16.4. The summed E-state index contributed by atoms with van der Waals surface area (Å²) in [5, 5.41) is 8.79. The molecule has 1 heterocycles. The number of carboxylic acids is 1. The number of aliphatic imine (C=N–C) groups is 1. The summed E-state index contributed by atoms with van der Waals surface area (Å²) in [5.74, 6) is -0.203. The Labute approximate surface area is 199 Å². The molecule has 0 aromatic heterocycles. The van der Waals surface area contributed by atoms with Gasteiger partial charge in [-0.05, 0) is 48.6 Å². The molecule has 2 aliphatic rings. The van der Waals surface area contributed by atoms with Gasteiger partial charge in [0.1, 0.15) is 22.9 Å². The van der Waals surface area contributed by atoms with Crippen LogP contribution in [0.4, 0.5) is 4.39 Å². The molecule has 1 amide bonds. The zero-order valence-corrected chi connectivity index (χ0v) is 19.6. The molecule has 1 fully saturated rings. The van der Waals surface area contributed by atoms with Crippen molar-refractivity contribution in [1.82, 2.24) is 4.90 Å². The molecule has 0 atom stereocenters. The summed E-state index contributed by atoms with van der Waals surface area (Å²) < 4.78 is 19.6. The van der Waals surface area contributed by atoms with Crippen molar-refractivity contribution in [2.45, 2.75) is 70.4 Å². The Morgan fingerprint density at radius 2 is 1.88 bits per heavy atom. The molecule has 2 aromatic carbocycles. The van der Waals surface area contributed by atoms with Crippen LogP contribution in [0.15, 0.2) is 47.5 Å². The van der Waals surface area contributed by atoms with Crippen molar-refractivity contribution in [2.24, 2.45) is 4.99 Å². The van der Waals surface area contributed by atoms with E-state index in [0.717, 1.165) is 62.8 Å². The maximum atomic E-state index is 14.5. The topological polar surface area (TPSA) is 79.2 Å². The lowest BCUT2D eigenvalue weighted by Crippen LogP contribution is -2.43. The quantitative estimate of drug-likeness (QED) is 0.522. The van der Waals surface area contributed by atoms with E-state index in [1.165, 1.54) is 18.2 Å². The van der Waals surface area contributed by atoms with Gasteiger partial charge >= 0.3 is 5.97 Å². The van der Waals surface area contributed by atoms with Crippen LogP contribution in [0.3, 0.4) is 0 Å². The van der Waals surface area contributed by atoms with Crippen molar-refractivity contribution in [3.8, 4) is 16.9 Å². The molecule has 1 aliphatic carbocycles. The summed E-state index contributed by atoms with van der Waals surface area (Å²) >= 11 is 0. The van der Waals surface area contributed by atoms with Gasteiger partial charge in [0.2, 0.25) is 0 Å². The fraction of sp³-hybridized carbons (Fsp3) is 0.444. The van der Waals surface area contributed by atoms with Gasteiger partial charge in [-0.1, -0.05) is 56.9 Å². The van der Waals surface area contributed by atoms with Gasteiger partial charge in [-0.15, -0.1) is 0 Å². The number of amides is 1. The minimum absolute atomic E-state index is 0.122. The molecule has 0 unspecified atom stereocenters. The number of carbonyl (C=O) groups is 2. The summed E-state index contributed by atoms with van der Waals surface area (Å²) in [6.07, 6.45) is 7.75. The van der Waals surface area contributed by atoms with Gasteiger partial charge in [-0.3, -0.25) is 14.7 Å². The number of carbonyl (C=O) groups excluding carboxylic acids is 1. The van der Waals surface area contributed by atoms with Crippen molar-refractivity contribution in [1.29, 1.82) is 0 Å². The number of rotatable bonds is 9. The number of aliphatic carboxylic acids is 1. The molecule has 1 spiro atoms. The molecule has 1 N–H and O–H groups in total. The van der Waals surface area contributed by atoms with Crippen LogP contribution in [0.5, 0.6) is 5.75 Å². The number of hydrogen-bond donors (Lipinski definition) is 1. The Bertz CT molecular complexity index is 1070. The second-order valence-corrected chi connectivity index (χ2v) is 9.14. The second-order valence-electron chi connectivity index (χ2n) is 9.14. The number of unbranched alkanes of at least 4 members (excludes halogenated alkanes) is 1. The highest BCUT2D eigenvalue weighted by molar-refractivity contribution is 6.08. The Kier molecular flexibility index (Phi) is 7.29. The normalized spacial score (nSPS) is 17.2. The van der Waals surface area contributed by atoms with E-state index in [0.29, 0.717) is 23.4 Å². The predicted molar refractivity (Wildman–Crippen MR) is 128 cm³/mol. The molecule has 4 rings (SSSR count). The molecule has 7 heteroatoms. The first-order valence-electron chi connectivity index (χ1n) is 12.1. The number of amidine groups is 1. The zero-order chi connectivity index (χ0) is 24.1. The fourth-order valence-corrected chi connectivity index (χ4v) is 4.81. The molecular formula is C27H31FN2O4. The molecule has 180 valence electrons. The highest BCUT2D eigenvalue weighted by Gasteiger charge is 2.48. The van der Waals surface area contributed by atoms with Crippen LogP contribution < -0.4 is 4.74 Å². The van der Waals surface area contributed by atoms with Crippen molar-refractivity contribution >= 4 is 17.7 Å². The number of hydrogen-bond acceptors (Lipinski definition) is 4. The monoisotopic (exact) mass is 466 g/mol. The van der Waals surface area contributed by atoms with E-state index in [4.69, 9.17) is 14.8 Å². The summed E-state index contributed by atoms with van der Waals surface area (Å²) in [6.45, 7) is 2.10. The third-order valence-electron chi connectivity index (χ3n) is 6.64. The van der Waals surface area contributed by atoms with Gasteiger partial charge in [0.15, 0.2) is 6.61 Å². The molecule has 0 saturated heterocycles. The predicted octanol–water partition coefficient (Wildman–Crippen LogP) is 5.59. The summed E-state index contributed by atoms with van der Waals surface area (Å²) in [5.41, 5.74) is 1.37. The van der Waals surface area contributed by atoms with Gasteiger partial charge < -0.3 is 9.84 Å². The highest BCUT2D eigenvalue weighted by Crippen LogP contribution is 2.39. The van der Waals surface area contributed by atoms with E-state index in [2.05, 4.69) is 6.92 Å². The van der Waals surface area contributed by atoms with Gasteiger partial charge in [-0.2, -0.15) is 0 Å². The van der Waals surface area contributed by atoms with E-state index in [-0.39, 0.29) is 5.91 Å². The molecule has 1 saturated carbocycles. The zero-order valence-electron chi connectivity index (χ0n) is 19.6. The van der Waals surface area contributed by atoms with E-state index >= 15 is 0 Å². The van der Waals surface area contributed by atoms with E-state index in [1.54, 1.807) is 0 Å². The van der Waals surface area contributed by atoms with Gasteiger partial charge in [0.25, 0.3) is 5.91 Å². The fourth-order valence-electron chi connectivity index (χ4n) is 4.81. The molecule has 0 radical (unpaired) electrons. The number of nitrogens with zero attached hydrogens (tertiary/aromatic N) is 2. The lowest BCUT2D eigenvalue weighted by Gasteiger charge is -2.29. The number of ether oxygens (including phenoxy) is 1. The van der Waals surface area contributed by atoms with E-state index in [1.807, 2.05) is 29.2 Å². The average Bonchev–Trinajstić information content (AvgIpc) is 3.08. The lowest BCUT2D eigenvalue weighted by atomic mass is 9.82. The summed E-state index contributed by atoms with van der Waals surface area (Å²) in [7, 11) is 0. The van der Waals surface area contributed by atoms with Crippen molar-refractivity contribution in [3.63, 3.8) is 0 Å². The number of halogens is 1. The van der Waals surface area contributed by atoms with Crippen molar-refractivity contribution < 1.29 is 23.8 Å². The molecule has 34 heavy (non-hydrogen) atoms. The van der Waals surface area contributed by atoms with Crippen LogP contribution in [0.1, 0.15) is 63.9 Å². The summed E-state index contributed by atoms with van der Waals surface area (Å²) in [6, 6.07) is 11.6. The smallest absolute Gasteiger partial charge is 0.341 e. The van der Waals surface area contributed by atoms with E-state index < -0.39 is 23.9 Å². The first kappa shape index (κ1) is 23.9. The van der Waals surface area contributed by atoms with Gasteiger partial charge in [0.05, 0.1) is 6.54 Å². The summed E-state index contributed by atoms with van der Waals surface area (Å²) in [4.78, 5) is 31.0.